The van der Waals surface area contributed by atoms with E-state index in [1.54, 1.807) is 0 Å². The van der Waals surface area contributed by atoms with Gasteiger partial charge in [0.15, 0.2) is 5.13 Å². The lowest BCUT2D eigenvalue weighted by Gasteiger charge is -2.01. The van der Waals surface area contributed by atoms with Crippen LogP contribution in [0.15, 0.2) is 28.1 Å². The molecule has 4 heteroatoms. The Morgan fingerprint density at radius 3 is 2.64 bits per heavy atom. The van der Waals surface area contributed by atoms with Gasteiger partial charge in [0.05, 0.1) is 9.48 Å². The van der Waals surface area contributed by atoms with Crippen LogP contribution in [0.4, 0.5) is 5.13 Å². The zero-order chi connectivity index (χ0) is 10.1. The van der Waals surface area contributed by atoms with Gasteiger partial charge >= 0.3 is 0 Å². The summed E-state index contributed by atoms with van der Waals surface area (Å²) < 4.78 is 0.990. The summed E-state index contributed by atoms with van der Waals surface area (Å²) in [7, 11) is 0. The standard InChI is InChI=1S/C10H9BrN2S/c1-6-4-2-3-5-7(6)8-9(11)14-10(12)13-8/h2-5H,1H3,(H2,12,13). The summed E-state index contributed by atoms with van der Waals surface area (Å²) in [6, 6.07) is 8.14. The van der Waals surface area contributed by atoms with Gasteiger partial charge in [0.2, 0.25) is 0 Å². The van der Waals surface area contributed by atoms with Crippen molar-refractivity contribution in [3.8, 4) is 11.3 Å². The Hall–Kier alpha value is -0.870. The molecule has 0 radical (unpaired) electrons. The molecule has 0 saturated carbocycles. The predicted molar refractivity (Wildman–Crippen MR) is 64.4 cm³/mol. The van der Waals surface area contributed by atoms with E-state index in [2.05, 4.69) is 40.0 Å². The van der Waals surface area contributed by atoms with Crippen LogP contribution in [-0.2, 0) is 0 Å². The number of hydrogen-bond acceptors (Lipinski definition) is 3. The zero-order valence-corrected chi connectivity index (χ0v) is 10.0. The van der Waals surface area contributed by atoms with Crippen LogP contribution < -0.4 is 5.73 Å². The van der Waals surface area contributed by atoms with E-state index in [4.69, 9.17) is 5.73 Å². The topological polar surface area (TPSA) is 38.9 Å². The lowest BCUT2D eigenvalue weighted by atomic mass is 10.1. The van der Waals surface area contributed by atoms with Crippen molar-refractivity contribution in [3.05, 3.63) is 33.6 Å². The normalized spacial score (nSPS) is 10.4. The van der Waals surface area contributed by atoms with E-state index >= 15 is 0 Å². The molecule has 0 aliphatic heterocycles. The van der Waals surface area contributed by atoms with Gasteiger partial charge in [-0.25, -0.2) is 4.98 Å². The van der Waals surface area contributed by atoms with Crippen LogP contribution in [0.1, 0.15) is 5.56 Å². The number of nitrogens with zero attached hydrogens (tertiary/aromatic N) is 1. The van der Waals surface area contributed by atoms with Gasteiger partial charge in [0.1, 0.15) is 0 Å². The third kappa shape index (κ3) is 1.67. The SMILES string of the molecule is Cc1ccccc1-c1nc(N)sc1Br. The molecule has 1 aromatic heterocycles. The van der Waals surface area contributed by atoms with Crippen molar-refractivity contribution in [1.82, 2.24) is 4.98 Å². The Kier molecular flexibility index (Phi) is 2.56. The predicted octanol–water partition coefficient (Wildman–Crippen LogP) is 3.46. The number of anilines is 1. The lowest BCUT2D eigenvalue weighted by molar-refractivity contribution is 1.36. The number of aromatic nitrogens is 1. The molecule has 14 heavy (non-hydrogen) atoms. The van der Waals surface area contributed by atoms with Crippen molar-refractivity contribution in [2.45, 2.75) is 6.92 Å². The first-order chi connectivity index (χ1) is 6.68. The molecule has 2 rings (SSSR count). The Morgan fingerprint density at radius 1 is 1.36 bits per heavy atom. The highest BCUT2D eigenvalue weighted by Gasteiger charge is 2.10. The summed E-state index contributed by atoms with van der Waals surface area (Å²) in [6.45, 7) is 2.07. The number of halogens is 1. The van der Waals surface area contributed by atoms with Gasteiger partial charge in [-0.05, 0) is 28.4 Å². The third-order valence-corrected chi connectivity index (χ3v) is 3.54. The summed E-state index contributed by atoms with van der Waals surface area (Å²) >= 11 is 4.92. The molecule has 1 heterocycles. The molecule has 2 N–H and O–H groups in total. The molecule has 72 valence electrons. The van der Waals surface area contributed by atoms with E-state index in [9.17, 15) is 0 Å². The van der Waals surface area contributed by atoms with Gasteiger partial charge in [-0.3, -0.25) is 0 Å². The maximum Gasteiger partial charge on any atom is 0.181 e. The first-order valence-electron chi connectivity index (χ1n) is 4.16. The molecule has 0 atom stereocenters. The van der Waals surface area contributed by atoms with Gasteiger partial charge in [0.25, 0.3) is 0 Å². The second-order valence-electron chi connectivity index (χ2n) is 2.99. The van der Waals surface area contributed by atoms with Crippen molar-refractivity contribution in [2.75, 3.05) is 5.73 Å². The van der Waals surface area contributed by atoms with Crippen molar-refractivity contribution in [1.29, 1.82) is 0 Å². The molecule has 0 aliphatic carbocycles. The van der Waals surface area contributed by atoms with Crippen molar-refractivity contribution in [3.63, 3.8) is 0 Å². The van der Waals surface area contributed by atoms with Gasteiger partial charge in [-0.2, -0.15) is 0 Å². The quantitative estimate of drug-likeness (QED) is 0.861. The molecule has 0 unspecified atom stereocenters. The molecular weight excluding hydrogens is 260 g/mol. The first kappa shape index (κ1) is 9.68. The van der Waals surface area contributed by atoms with E-state index in [0.29, 0.717) is 5.13 Å². The molecule has 2 nitrogen and oxygen atoms in total. The fourth-order valence-electron chi connectivity index (χ4n) is 1.32. The average molecular weight is 269 g/mol. The minimum absolute atomic E-state index is 0.593. The lowest BCUT2D eigenvalue weighted by Crippen LogP contribution is -1.85. The summed E-state index contributed by atoms with van der Waals surface area (Å²) in [5.41, 5.74) is 8.92. The highest BCUT2D eigenvalue weighted by Crippen LogP contribution is 2.35. The molecule has 0 amide bonds. The van der Waals surface area contributed by atoms with Crippen molar-refractivity contribution in [2.24, 2.45) is 0 Å². The number of nitrogen functional groups attached to an aromatic ring is 1. The Labute approximate surface area is 94.9 Å². The number of rotatable bonds is 1. The molecular formula is C10H9BrN2S. The highest BCUT2D eigenvalue weighted by molar-refractivity contribution is 9.11. The van der Waals surface area contributed by atoms with Crippen LogP contribution in [0.5, 0.6) is 0 Å². The van der Waals surface area contributed by atoms with Gasteiger partial charge in [-0.1, -0.05) is 35.6 Å². The summed E-state index contributed by atoms with van der Waals surface area (Å²) in [6.07, 6.45) is 0. The van der Waals surface area contributed by atoms with Crippen LogP contribution in [0, 0.1) is 6.92 Å². The third-order valence-electron chi connectivity index (χ3n) is 2.00. The van der Waals surface area contributed by atoms with E-state index in [-0.39, 0.29) is 0 Å². The Morgan fingerprint density at radius 2 is 2.07 bits per heavy atom. The fourth-order valence-corrected chi connectivity index (χ4v) is 2.69. The minimum Gasteiger partial charge on any atom is -0.375 e. The smallest absolute Gasteiger partial charge is 0.181 e. The van der Waals surface area contributed by atoms with E-state index < -0.39 is 0 Å². The summed E-state index contributed by atoms with van der Waals surface area (Å²) in [5.74, 6) is 0. The number of hydrogen-bond donors (Lipinski definition) is 1. The molecule has 0 fully saturated rings. The van der Waals surface area contributed by atoms with E-state index in [1.165, 1.54) is 16.9 Å². The molecule has 0 saturated heterocycles. The number of nitrogens with two attached hydrogens (primary N) is 1. The summed E-state index contributed by atoms with van der Waals surface area (Å²) in [4.78, 5) is 4.29. The number of thiazole rings is 1. The maximum absolute atomic E-state index is 5.64. The second kappa shape index (κ2) is 3.71. The van der Waals surface area contributed by atoms with E-state index in [0.717, 1.165) is 15.0 Å². The minimum atomic E-state index is 0.593. The number of benzene rings is 1. The van der Waals surface area contributed by atoms with E-state index in [1.807, 2.05) is 12.1 Å². The van der Waals surface area contributed by atoms with Crippen LogP contribution in [-0.4, -0.2) is 4.98 Å². The monoisotopic (exact) mass is 268 g/mol. The largest absolute Gasteiger partial charge is 0.375 e. The molecule has 0 spiro atoms. The second-order valence-corrected chi connectivity index (χ2v) is 5.34. The van der Waals surface area contributed by atoms with Gasteiger partial charge < -0.3 is 5.73 Å². The van der Waals surface area contributed by atoms with Gasteiger partial charge in [0, 0.05) is 5.56 Å². The molecule has 2 aromatic rings. The molecule has 0 bridgehead atoms. The molecule has 0 aliphatic rings. The highest BCUT2D eigenvalue weighted by atomic mass is 79.9. The average Bonchev–Trinajstić information content (AvgIpc) is 2.46. The Bertz CT molecular complexity index is 465. The van der Waals surface area contributed by atoms with Crippen LogP contribution in [0.25, 0.3) is 11.3 Å². The first-order valence-corrected chi connectivity index (χ1v) is 5.77. The fraction of sp³-hybridized carbons (Fsp3) is 0.100. The summed E-state index contributed by atoms with van der Waals surface area (Å²) in [5, 5.41) is 0.593. The zero-order valence-electron chi connectivity index (χ0n) is 7.62. The van der Waals surface area contributed by atoms with Crippen molar-refractivity contribution < 1.29 is 0 Å². The molecule has 1 aromatic carbocycles. The van der Waals surface area contributed by atoms with Crippen LogP contribution >= 0.6 is 27.3 Å². The number of aryl methyl sites for hydroxylation is 1. The van der Waals surface area contributed by atoms with Crippen LogP contribution in [0.3, 0.4) is 0 Å². The van der Waals surface area contributed by atoms with Crippen LogP contribution in [0.2, 0.25) is 0 Å². The maximum atomic E-state index is 5.64. The van der Waals surface area contributed by atoms with Gasteiger partial charge in [-0.15, -0.1) is 0 Å². The Balaban J connectivity index is 2.60. The van der Waals surface area contributed by atoms with Crippen molar-refractivity contribution >= 4 is 32.4 Å².